The fourth-order valence-electron chi connectivity index (χ4n) is 1.71. The van der Waals surface area contributed by atoms with Gasteiger partial charge in [0.05, 0.1) is 6.07 Å². The summed E-state index contributed by atoms with van der Waals surface area (Å²) in [4.78, 5) is 12.2. The van der Waals surface area contributed by atoms with E-state index < -0.39 is 5.92 Å². The Kier molecular flexibility index (Phi) is 3.76. The third-order valence-corrected chi connectivity index (χ3v) is 2.90. The summed E-state index contributed by atoms with van der Waals surface area (Å²) in [6, 6.07) is 17.6. The SMILES string of the molecule is N#C[C@@H](C(=O)c1ccccc1)c1ccc(Cl)cc1. The molecule has 0 saturated carbocycles. The van der Waals surface area contributed by atoms with Crippen LogP contribution in [0.15, 0.2) is 54.6 Å². The fourth-order valence-corrected chi connectivity index (χ4v) is 1.83. The maximum atomic E-state index is 12.2. The molecule has 0 aromatic heterocycles. The van der Waals surface area contributed by atoms with Gasteiger partial charge in [-0.2, -0.15) is 5.26 Å². The summed E-state index contributed by atoms with van der Waals surface area (Å²) in [5, 5.41) is 9.76. The first-order chi connectivity index (χ1) is 8.72. The van der Waals surface area contributed by atoms with E-state index in [9.17, 15) is 10.1 Å². The van der Waals surface area contributed by atoms with Gasteiger partial charge in [-0.15, -0.1) is 0 Å². The van der Waals surface area contributed by atoms with Gasteiger partial charge in [0.15, 0.2) is 5.78 Å². The van der Waals surface area contributed by atoms with Crippen LogP contribution in [0.3, 0.4) is 0 Å². The standard InChI is InChI=1S/C15H10ClNO/c16-13-8-6-11(7-9-13)14(10-17)15(18)12-4-2-1-3-5-12/h1-9,14H/t14-/m1/s1. The van der Waals surface area contributed by atoms with Crippen LogP contribution in [0.1, 0.15) is 21.8 Å². The normalized spacial score (nSPS) is 11.6. The van der Waals surface area contributed by atoms with Crippen molar-refractivity contribution in [1.29, 1.82) is 5.26 Å². The molecule has 2 rings (SSSR count). The molecule has 2 aromatic rings. The van der Waals surface area contributed by atoms with E-state index in [0.717, 1.165) is 0 Å². The Hall–Kier alpha value is -2.11. The van der Waals surface area contributed by atoms with E-state index in [1.807, 2.05) is 12.1 Å². The van der Waals surface area contributed by atoms with Gasteiger partial charge in [0.1, 0.15) is 5.92 Å². The van der Waals surface area contributed by atoms with Gasteiger partial charge in [0.25, 0.3) is 0 Å². The number of rotatable bonds is 3. The van der Waals surface area contributed by atoms with E-state index in [2.05, 4.69) is 0 Å². The van der Waals surface area contributed by atoms with Crippen LogP contribution in [0.4, 0.5) is 0 Å². The molecular formula is C15H10ClNO. The smallest absolute Gasteiger partial charge is 0.184 e. The van der Waals surface area contributed by atoms with Crippen LogP contribution in [0.2, 0.25) is 5.02 Å². The second-order valence-electron chi connectivity index (χ2n) is 3.84. The average molecular weight is 256 g/mol. The zero-order valence-electron chi connectivity index (χ0n) is 9.51. The highest BCUT2D eigenvalue weighted by atomic mass is 35.5. The van der Waals surface area contributed by atoms with Crippen LogP contribution < -0.4 is 0 Å². The van der Waals surface area contributed by atoms with Gasteiger partial charge in [0.2, 0.25) is 0 Å². The molecule has 0 radical (unpaired) electrons. The van der Waals surface area contributed by atoms with Crippen molar-refractivity contribution in [2.45, 2.75) is 5.92 Å². The third kappa shape index (κ3) is 2.58. The lowest BCUT2D eigenvalue weighted by Gasteiger charge is -2.08. The molecule has 0 heterocycles. The summed E-state index contributed by atoms with van der Waals surface area (Å²) in [6.45, 7) is 0. The molecule has 0 saturated heterocycles. The summed E-state index contributed by atoms with van der Waals surface area (Å²) in [7, 11) is 0. The highest BCUT2D eigenvalue weighted by Gasteiger charge is 2.21. The number of hydrogen-bond acceptors (Lipinski definition) is 2. The minimum Gasteiger partial charge on any atom is -0.292 e. The van der Waals surface area contributed by atoms with Crippen LogP contribution in [-0.4, -0.2) is 5.78 Å². The van der Waals surface area contributed by atoms with E-state index in [1.54, 1.807) is 48.5 Å². The lowest BCUT2D eigenvalue weighted by molar-refractivity contribution is 0.0979. The number of hydrogen-bond donors (Lipinski definition) is 0. The molecule has 0 aliphatic heterocycles. The van der Waals surface area contributed by atoms with Crippen LogP contribution >= 0.6 is 11.6 Å². The largest absolute Gasteiger partial charge is 0.292 e. The second kappa shape index (κ2) is 5.48. The Morgan fingerprint density at radius 3 is 2.22 bits per heavy atom. The number of ketones is 1. The second-order valence-corrected chi connectivity index (χ2v) is 4.28. The number of carbonyl (C=O) groups excluding carboxylic acids is 1. The molecular weight excluding hydrogens is 246 g/mol. The van der Waals surface area contributed by atoms with Crippen molar-refractivity contribution in [2.24, 2.45) is 0 Å². The maximum Gasteiger partial charge on any atom is 0.184 e. The molecule has 88 valence electrons. The Morgan fingerprint density at radius 2 is 1.67 bits per heavy atom. The molecule has 0 aliphatic rings. The maximum absolute atomic E-state index is 12.2. The van der Waals surface area contributed by atoms with Gasteiger partial charge in [-0.05, 0) is 17.7 Å². The molecule has 0 unspecified atom stereocenters. The van der Waals surface area contributed by atoms with Gasteiger partial charge >= 0.3 is 0 Å². The molecule has 0 spiro atoms. The molecule has 0 aliphatic carbocycles. The van der Waals surface area contributed by atoms with Gasteiger partial charge in [-0.1, -0.05) is 54.1 Å². The molecule has 2 aromatic carbocycles. The molecule has 18 heavy (non-hydrogen) atoms. The molecule has 1 atom stereocenters. The molecule has 0 bridgehead atoms. The topological polar surface area (TPSA) is 40.9 Å². The van der Waals surface area contributed by atoms with Crippen molar-refractivity contribution in [2.75, 3.05) is 0 Å². The van der Waals surface area contributed by atoms with Crippen molar-refractivity contribution in [3.05, 3.63) is 70.7 Å². The lowest BCUT2D eigenvalue weighted by Crippen LogP contribution is -2.10. The van der Waals surface area contributed by atoms with Gasteiger partial charge in [-0.25, -0.2) is 0 Å². The van der Waals surface area contributed by atoms with E-state index in [0.29, 0.717) is 16.1 Å². The zero-order valence-corrected chi connectivity index (χ0v) is 10.3. The number of nitrogens with zero attached hydrogens (tertiary/aromatic N) is 1. The van der Waals surface area contributed by atoms with Gasteiger partial charge in [0, 0.05) is 10.6 Å². The lowest BCUT2D eigenvalue weighted by atomic mass is 9.92. The monoisotopic (exact) mass is 255 g/mol. The van der Waals surface area contributed by atoms with Crippen LogP contribution in [0.5, 0.6) is 0 Å². The summed E-state index contributed by atoms with van der Waals surface area (Å²) in [5.41, 5.74) is 1.20. The predicted molar refractivity (Wildman–Crippen MR) is 70.6 cm³/mol. The van der Waals surface area contributed by atoms with Gasteiger partial charge in [-0.3, -0.25) is 4.79 Å². The Morgan fingerprint density at radius 1 is 1.06 bits per heavy atom. The van der Waals surface area contributed by atoms with Gasteiger partial charge < -0.3 is 0 Å². The Labute approximate surface area is 110 Å². The molecule has 0 fully saturated rings. The number of benzene rings is 2. The van der Waals surface area contributed by atoms with E-state index in [-0.39, 0.29) is 5.78 Å². The first-order valence-electron chi connectivity index (χ1n) is 5.46. The minimum absolute atomic E-state index is 0.194. The number of Topliss-reactive ketones (excluding diaryl/α,β-unsaturated/α-hetero) is 1. The van der Waals surface area contributed by atoms with Crippen molar-refractivity contribution in [3.8, 4) is 6.07 Å². The third-order valence-electron chi connectivity index (χ3n) is 2.65. The van der Waals surface area contributed by atoms with Crippen LogP contribution in [0, 0.1) is 11.3 Å². The molecule has 0 amide bonds. The van der Waals surface area contributed by atoms with E-state index in [1.165, 1.54) is 0 Å². The van der Waals surface area contributed by atoms with E-state index >= 15 is 0 Å². The number of nitriles is 1. The number of carbonyl (C=O) groups is 1. The Bertz CT molecular complexity index is 584. The number of halogens is 1. The van der Waals surface area contributed by atoms with Crippen molar-refractivity contribution in [3.63, 3.8) is 0 Å². The van der Waals surface area contributed by atoms with Crippen molar-refractivity contribution >= 4 is 17.4 Å². The molecule has 3 heteroatoms. The average Bonchev–Trinajstić information content (AvgIpc) is 2.42. The van der Waals surface area contributed by atoms with Crippen LogP contribution in [0.25, 0.3) is 0 Å². The molecule has 0 N–H and O–H groups in total. The summed E-state index contributed by atoms with van der Waals surface area (Å²) >= 11 is 5.79. The van der Waals surface area contributed by atoms with Crippen molar-refractivity contribution < 1.29 is 4.79 Å². The summed E-state index contributed by atoms with van der Waals surface area (Å²) in [6.07, 6.45) is 0. The fraction of sp³-hybridized carbons (Fsp3) is 0.0667. The highest BCUT2D eigenvalue weighted by molar-refractivity contribution is 6.30. The highest BCUT2D eigenvalue weighted by Crippen LogP contribution is 2.22. The van der Waals surface area contributed by atoms with Crippen molar-refractivity contribution in [1.82, 2.24) is 0 Å². The first kappa shape index (κ1) is 12.3. The first-order valence-corrected chi connectivity index (χ1v) is 5.84. The summed E-state index contributed by atoms with van der Waals surface area (Å²) in [5.74, 6) is -0.981. The minimum atomic E-state index is -0.787. The zero-order chi connectivity index (χ0) is 13.0. The molecule has 2 nitrogen and oxygen atoms in total. The van der Waals surface area contributed by atoms with E-state index in [4.69, 9.17) is 11.6 Å². The predicted octanol–water partition coefficient (Wildman–Crippen LogP) is 3.83. The van der Waals surface area contributed by atoms with Crippen LogP contribution in [-0.2, 0) is 0 Å². The summed E-state index contributed by atoms with van der Waals surface area (Å²) < 4.78 is 0. The quantitative estimate of drug-likeness (QED) is 0.782. The Balaban J connectivity index is 2.33.